The first-order chi connectivity index (χ1) is 11.2. The molecule has 0 N–H and O–H groups in total. The summed E-state index contributed by atoms with van der Waals surface area (Å²) in [6.07, 6.45) is 9.72. The average Bonchev–Trinajstić information content (AvgIpc) is 2.99. The predicted molar refractivity (Wildman–Crippen MR) is 91.0 cm³/mol. The third-order valence-electron chi connectivity index (χ3n) is 5.32. The van der Waals surface area contributed by atoms with Crippen molar-refractivity contribution < 1.29 is 9.53 Å². The molecule has 124 valence electrons. The van der Waals surface area contributed by atoms with Crippen molar-refractivity contribution in [3.05, 3.63) is 27.2 Å². The second-order valence-corrected chi connectivity index (χ2v) is 8.13. The fourth-order valence-electron chi connectivity index (χ4n) is 3.93. The van der Waals surface area contributed by atoms with Crippen LogP contribution in [0.5, 0.6) is 0 Å². The molecule has 1 spiro atoms. The number of likely N-dealkylation sites (tertiary alicyclic amines) is 1. The number of fused-ring (bicyclic) bond motifs is 1. The number of amides is 1. The average molecular weight is 332 g/mol. The first-order valence-corrected chi connectivity index (χ1v) is 9.57. The molecule has 0 atom stereocenters. The number of nitrogens with zero attached hydrogens (tertiary/aromatic N) is 2. The minimum absolute atomic E-state index is 0.121. The topological polar surface area (TPSA) is 42.4 Å². The number of hydrogen-bond acceptors (Lipinski definition) is 4. The summed E-state index contributed by atoms with van der Waals surface area (Å²) in [4.78, 5) is 20.7. The lowest BCUT2D eigenvalue weighted by atomic mass is 9.87. The quantitative estimate of drug-likeness (QED) is 0.741. The second kappa shape index (κ2) is 6.02. The van der Waals surface area contributed by atoms with Crippen LogP contribution in [0.3, 0.4) is 0 Å². The Morgan fingerprint density at radius 1 is 1.26 bits per heavy atom. The molecule has 0 saturated carbocycles. The SMILES string of the molecule is CC1=CC2(CCN(C(=O)c3nc4c(s3)CCCC4)CC2)OCC1. The fraction of sp³-hybridized carbons (Fsp3) is 0.667. The van der Waals surface area contributed by atoms with Crippen LogP contribution in [0.2, 0.25) is 0 Å². The van der Waals surface area contributed by atoms with Gasteiger partial charge in [0.15, 0.2) is 5.01 Å². The van der Waals surface area contributed by atoms with Gasteiger partial charge in [-0.25, -0.2) is 4.98 Å². The van der Waals surface area contributed by atoms with Crippen LogP contribution in [0.15, 0.2) is 11.6 Å². The Morgan fingerprint density at radius 3 is 2.78 bits per heavy atom. The molecule has 1 aromatic heterocycles. The standard InChI is InChI=1S/C18H24N2O2S/c1-13-6-11-22-18(12-13)7-9-20(10-8-18)17(21)16-19-14-4-2-3-5-15(14)23-16/h12H,2-11H2,1H3. The molecule has 5 heteroatoms. The first-order valence-electron chi connectivity index (χ1n) is 8.75. The van der Waals surface area contributed by atoms with Crippen LogP contribution in [-0.4, -0.2) is 41.1 Å². The summed E-state index contributed by atoms with van der Waals surface area (Å²) in [5.74, 6) is 0.121. The Labute approximate surface area is 141 Å². The van der Waals surface area contributed by atoms with Crippen molar-refractivity contribution in [2.24, 2.45) is 0 Å². The number of rotatable bonds is 1. The monoisotopic (exact) mass is 332 g/mol. The summed E-state index contributed by atoms with van der Waals surface area (Å²) in [6, 6.07) is 0. The van der Waals surface area contributed by atoms with Crippen LogP contribution in [0.1, 0.15) is 59.4 Å². The zero-order valence-corrected chi connectivity index (χ0v) is 14.6. The van der Waals surface area contributed by atoms with Crippen molar-refractivity contribution in [1.29, 1.82) is 0 Å². The third kappa shape index (κ3) is 2.96. The van der Waals surface area contributed by atoms with Gasteiger partial charge in [0.2, 0.25) is 0 Å². The zero-order valence-electron chi connectivity index (χ0n) is 13.8. The zero-order chi connectivity index (χ0) is 15.9. The van der Waals surface area contributed by atoms with Crippen molar-refractivity contribution in [2.75, 3.05) is 19.7 Å². The van der Waals surface area contributed by atoms with Gasteiger partial charge in [0, 0.05) is 18.0 Å². The summed E-state index contributed by atoms with van der Waals surface area (Å²) in [7, 11) is 0. The number of thiazole rings is 1. The maximum Gasteiger partial charge on any atom is 0.282 e. The normalized spacial score (nSPS) is 23.5. The molecule has 2 aliphatic heterocycles. The molecule has 0 unspecified atom stereocenters. The summed E-state index contributed by atoms with van der Waals surface area (Å²) in [5.41, 5.74) is 2.47. The van der Waals surface area contributed by atoms with Gasteiger partial charge >= 0.3 is 0 Å². The summed E-state index contributed by atoms with van der Waals surface area (Å²) >= 11 is 1.62. The predicted octanol–water partition coefficient (Wildman–Crippen LogP) is 3.36. The number of hydrogen-bond donors (Lipinski definition) is 0. The maximum absolute atomic E-state index is 12.8. The molecule has 3 heterocycles. The Hall–Kier alpha value is -1.20. The van der Waals surface area contributed by atoms with Crippen LogP contribution < -0.4 is 0 Å². The lowest BCUT2D eigenvalue weighted by Gasteiger charge is -2.41. The van der Waals surface area contributed by atoms with Crippen molar-refractivity contribution in [1.82, 2.24) is 9.88 Å². The maximum atomic E-state index is 12.8. The molecular formula is C18H24N2O2S. The first kappa shape index (κ1) is 15.3. The molecule has 4 rings (SSSR count). The van der Waals surface area contributed by atoms with Crippen LogP contribution in [-0.2, 0) is 17.6 Å². The number of piperidine rings is 1. The smallest absolute Gasteiger partial charge is 0.282 e. The number of aromatic nitrogens is 1. The van der Waals surface area contributed by atoms with E-state index in [1.807, 2.05) is 4.90 Å². The van der Waals surface area contributed by atoms with E-state index in [0.29, 0.717) is 5.01 Å². The molecule has 23 heavy (non-hydrogen) atoms. The van der Waals surface area contributed by atoms with Crippen LogP contribution >= 0.6 is 11.3 Å². The van der Waals surface area contributed by atoms with E-state index in [1.54, 1.807) is 11.3 Å². The summed E-state index contributed by atoms with van der Waals surface area (Å²) in [6.45, 7) is 4.54. The van der Waals surface area contributed by atoms with E-state index < -0.39 is 0 Å². The van der Waals surface area contributed by atoms with Crippen molar-refractivity contribution in [3.63, 3.8) is 0 Å². The van der Waals surface area contributed by atoms with Gasteiger partial charge in [0.05, 0.1) is 17.9 Å². The fourth-order valence-corrected chi connectivity index (χ4v) is 5.05. The van der Waals surface area contributed by atoms with E-state index in [9.17, 15) is 4.79 Å². The van der Waals surface area contributed by atoms with E-state index >= 15 is 0 Å². The van der Waals surface area contributed by atoms with Gasteiger partial charge < -0.3 is 9.64 Å². The van der Waals surface area contributed by atoms with Gasteiger partial charge in [-0.15, -0.1) is 11.3 Å². The van der Waals surface area contributed by atoms with Crippen molar-refractivity contribution in [3.8, 4) is 0 Å². The molecule has 3 aliphatic rings. The number of ether oxygens (including phenoxy) is 1. The second-order valence-electron chi connectivity index (χ2n) is 7.04. The molecule has 1 aromatic rings. The Kier molecular flexibility index (Phi) is 4.01. The van der Waals surface area contributed by atoms with Crippen LogP contribution in [0.4, 0.5) is 0 Å². The van der Waals surface area contributed by atoms with Gasteiger partial charge in [-0.05, 0) is 51.9 Å². The number of aryl methyl sites for hydroxylation is 2. The highest BCUT2D eigenvalue weighted by Crippen LogP contribution is 2.34. The molecule has 4 nitrogen and oxygen atoms in total. The molecule has 0 aromatic carbocycles. The minimum Gasteiger partial charge on any atom is -0.370 e. The summed E-state index contributed by atoms with van der Waals surface area (Å²) in [5, 5.41) is 0.698. The molecule has 1 amide bonds. The van der Waals surface area contributed by atoms with E-state index in [4.69, 9.17) is 4.74 Å². The highest BCUT2D eigenvalue weighted by Gasteiger charge is 2.37. The van der Waals surface area contributed by atoms with Crippen LogP contribution in [0, 0.1) is 0 Å². The molecule has 1 saturated heterocycles. The lowest BCUT2D eigenvalue weighted by molar-refractivity contribution is -0.0522. The Bertz CT molecular complexity index is 618. The van der Waals surface area contributed by atoms with Crippen molar-refractivity contribution >= 4 is 17.2 Å². The van der Waals surface area contributed by atoms with Gasteiger partial charge in [-0.2, -0.15) is 0 Å². The molecule has 0 radical (unpaired) electrons. The Morgan fingerprint density at radius 2 is 2.04 bits per heavy atom. The Balaban J connectivity index is 1.45. The largest absolute Gasteiger partial charge is 0.370 e. The van der Waals surface area contributed by atoms with Gasteiger partial charge in [-0.3, -0.25) is 4.79 Å². The lowest BCUT2D eigenvalue weighted by Crippen LogP contribution is -2.48. The third-order valence-corrected chi connectivity index (χ3v) is 6.47. The van der Waals surface area contributed by atoms with E-state index in [0.717, 1.165) is 51.8 Å². The highest BCUT2D eigenvalue weighted by atomic mass is 32.1. The van der Waals surface area contributed by atoms with E-state index in [1.165, 1.54) is 29.0 Å². The van der Waals surface area contributed by atoms with E-state index in [2.05, 4.69) is 18.0 Å². The molecule has 0 bridgehead atoms. The van der Waals surface area contributed by atoms with Gasteiger partial charge in [0.25, 0.3) is 5.91 Å². The van der Waals surface area contributed by atoms with Gasteiger partial charge in [-0.1, -0.05) is 11.6 Å². The molecular weight excluding hydrogens is 308 g/mol. The van der Waals surface area contributed by atoms with E-state index in [-0.39, 0.29) is 11.5 Å². The van der Waals surface area contributed by atoms with Crippen molar-refractivity contribution in [2.45, 2.75) is 57.5 Å². The molecule has 1 aliphatic carbocycles. The van der Waals surface area contributed by atoms with Crippen LogP contribution in [0.25, 0.3) is 0 Å². The minimum atomic E-state index is -0.124. The highest BCUT2D eigenvalue weighted by molar-refractivity contribution is 7.13. The molecule has 1 fully saturated rings. The number of carbonyl (C=O) groups is 1. The summed E-state index contributed by atoms with van der Waals surface area (Å²) < 4.78 is 6.05. The van der Waals surface area contributed by atoms with Gasteiger partial charge in [0.1, 0.15) is 0 Å². The number of carbonyl (C=O) groups excluding carboxylic acids is 1.